The van der Waals surface area contributed by atoms with Crippen LogP contribution in [0.4, 0.5) is 14.4 Å². The summed E-state index contributed by atoms with van der Waals surface area (Å²) in [5.74, 6) is 5.51. The summed E-state index contributed by atoms with van der Waals surface area (Å²) in [6.07, 6.45) is 12.7. The summed E-state index contributed by atoms with van der Waals surface area (Å²) in [5.41, 5.74) is 2.94. The second-order valence-electron chi connectivity index (χ2n) is 20.5. The first-order valence-electron chi connectivity index (χ1n) is 24.8. The predicted molar refractivity (Wildman–Crippen MR) is 275 cm³/mol. The zero-order chi connectivity index (χ0) is 52.0. The maximum Gasteiger partial charge on any atom is 0.410 e. The van der Waals surface area contributed by atoms with Crippen LogP contribution in [-0.2, 0) is 45.0 Å². The maximum atomic E-state index is 13.4. The van der Waals surface area contributed by atoms with Gasteiger partial charge < -0.3 is 49.3 Å². The van der Waals surface area contributed by atoms with Gasteiger partial charge in [-0.25, -0.2) is 29.4 Å². The molecule has 1 saturated carbocycles. The normalized spacial score (nSPS) is 17.9. The van der Waals surface area contributed by atoms with E-state index in [9.17, 15) is 24.0 Å². The molecule has 5 N–H and O–H groups in total. The maximum absolute atomic E-state index is 13.4. The van der Waals surface area contributed by atoms with Gasteiger partial charge in [-0.05, 0) is 89.8 Å². The van der Waals surface area contributed by atoms with Crippen molar-refractivity contribution < 1.29 is 33.4 Å². The Morgan fingerprint density at radius 2 is 1.08 bits per heavy atom. The van der Waals surface area contributed by atoms with Gasteiger partial charge in [-0.1, -0.05) is 66.7 Å². The molecule has 1 aliphatic carbocycles. The Bertz CT molecular complexity index is 2410. The molecule has 3 fully saturated rings. The summed E-state index contributed by atoms with van der Waals surface area (Å²) >= 11 is 12.0. The van der Waals surface area contributed by atoms with Crippen LogP contribution in [-0.4, -0.2) is 151 Å². The number of aromatic nitrogens is 4. The molecule has 2 aliphatic heterocycles. The smallest absolute Gasteiger partial charge is 0.410 e. The van der Waals surface area contributed by atoms with Crippen LogP contribution in [0, 0.1) is 0 Å². The van der Waals surface area contributed by atoms with Crippen LogP contribution in [0.25, 0.3) is 0 Å². The molecule has 392 valence electrons. The lowest BCUT2D eigenvalue weighted by Gasteiger charge is -2.41. The number of carbonyl (C=O) groups is 5. The second kappa shape index (κ2) is 25.7. The number of nitrogens with one attached hydrogen (secondary N) is 3. The van der Waals surface area contributed by atoms with Crippen molar-refractivity contribution in [2.45, 2.75) is 129 Å². The number of hydrazine groups is 1. The van der Waals surface area contributed by atoms with Gasteiger partial charge in [0.05, 0.1) is 19.2 Å². The fraction of sp³-hybridized carbons (Fsp3) is 0.549. The molecule has 0 unspecified atom stereocenters. The van der Waals surface area contributed by atoms with Gasteiger partial charge >= 0.3 is 18.2 Å². The number of hydrogen-bond acceptors (Lipinski definition) is 11. The molecule has 0 spiro atoms. The van der Waals surface area contributed by atoms with E-state index in [4.69, 9.17) is 38.5 Å². The van der Waals surface area contributed by atoms with Gasteiger partial charge in [-0.2, -0.15) is 0 Å². The Labute approximate surface area is 433 Å². The predicted octanol–water partition coefficient (Wildman–Crippen LogP) is 6.25. The quantitative estimate of drug-likeness (QED) is 0.110. The van der Waals surface area contributed by atoms with Gasteiger partial charge in [-0.3, -0.25) is 15.4 Å². The van der Waals surface area contributed by atoms with Crippen molar-refractivity contribution in [3.8, 4) is 0 Å². The summed E-state index contributed by atoms with van der Waals surface area (Å²) < 4.78 is 15.0. The molecule has 7 rings (SSSR count). The third-order valence-electron chi connectivity index (χ3n) is 12.4. The van der Waals surface area contributed by atoms with E-state index in [1.165, 1.54) is 21.2 Å². The van der Waals surface area contributed by atoms with Crippen LogP contribution >= 0.6 is 23.2 Å². The van der Waals surface area contributed by atoms with Crippen molar-refractivity contribution in [1.29, 1.82) is 0 Å². The lowest BCUT2D eigenvalue weighted by atomic mass is 9.95. The Hall–Kier alpha value is -5.89. The van der Waals surface area contributed by atoms with Crippen LogP contribution in [0.1, 0.15) is 96.2 Å². The van der Waals surface area contributed by atoms with Gasteiger partial charge in [0.1, 0.15) is 23.3 Å². The number of imidazole rings is 2. The molecule has 6 amide bonds. The van der Waals surface area contributed by atoms with Crippen molar-refractivity contribution >= 4 is 53.2 Å². The monoisotopic (exact) mass is 1030 g/mol. The number of carbonyl (C=O) groups excluding carboxylic acids is 5. The van der Waals surface area contributed by atoms with E-state index in [2.05, 4.69) is 25.9 Å². The SMILES string of the molecule is CC(C)(C)OC(=O)N1CCN(C(=O)NC2CCCCC2)[C@@H](C(=O)NCCc2cncn2Cc2ccc(Cl)cc2)C1.CC(C)(C)OC(=O)N1CCN(N)[C@@H](C(=O)NCCc2cncn2Cc2ccc(Cl)cc2)C1. The number of nitrogens with zero attached hydrogens (tertiary/aromatic N) is 8. The first kappa shape index (κ1) is 55.4. The Morgan fingerprint density at radius 1 is 0.639 bits per heavy atom. The highest BCUT2D eigenvalue weighted by Crippen LogP contribution is 2.21. The molecule has 0 bridgehead atoms. The highest BCUT2D eigenvalue weighted by atomic mass is 35.5. The number of rotatable bonds is 13. The lowest BCUT2D eigenvalue weighted by molar-refractivity contribution is -0.129. The molecule has 2 atom stereocenters. The van der Waals surface area contributed by atoms with E-state index in [1.807, 2.05) is 78.4 Å². The Kier molecular flexibility index (Phi) is 19.8. The van der Waals surface area contributed by atoms with E-state index in [1.54, 1.807) is 50.7 Å². The van der Waals surface area contributed by atoms with Gasteiger partial charge in [0.2, 0.25) is 11.8 Å². The molecule has 72 heavy (non-hydrogen) atoms. The number of benzene rings is 2. The standard InChI is InChI=1S/C29H41ClN6O4.C22H31ClN6O3/c1-29(2,3)40-28(39)34-15-16-36(27(38)33-23-7-5-4-6-8-23)25(19-34)26(37)32-14-13-24-17-31-20-35(24)18-21-9-11-22(30)12-10-21;1-22(2,3)32-21(31)27-10-11-29(24)19(14-27)20(30)26-9-8-18-12-25-15-28(18)13-16-4-6-17(23)7-5-16/h9-12,17,20,23,25H,4-8,13-16,18-19H2,1-3H3,(H,32,37)(H,33,38);4-7,12,15,19H,8-11,13-14,24H2,1-3H3,(H,26,30)/t25-;19-/m11/s1. The van der Waals surface area contributed by atoms with Crippen LogP contribution in [0.5, 0.6) is 0 Å². The summed E-state index contributed by atoms with van der Waals surface area (Å²) in [6, 6.07) is 13.7. The van der Waals surface area contributed by atoms with Crippen LogP contribution in [0.15, 0.2) is 73.6 Å². The fourth-order valence-electron chi connectivity index (χ4n) is 8.60. The highest BCUT2D eigenvalue weighted by molar-refractivity contribution is 6.30. The Balaban J connectivity index is 0.000000241. The van der Waals surface area contributed by atoms with Crippen LogP contribution in [0.3, 0.4) is 0 Å². The van der Waals surface area contributed by atoms with E-state index in [0.29, 0.717) is 68.7 Å². The summed E-state index contributed by atoms with van der Waals surface area (Å²) in [5, 5.41) is 11.9. The third-order valence-corrected chi connectivity index (χ3v) is 12.9. The molecular weight excluding hydrogens is 964 g/mol. The first-order chi connectivity index (χ1) is 34.2. The molecule has 2 aromatic carbocycles. The summed E-state index contributed by atoms with van der Waals surface area (Å²) in [4.78, 5) is 77.7. The molecule has 4 aromatic rings. The number of halogens is 2. The van der Waals surface area contributed by atoms with Crippen LogP contribution < -0.4 is 21.8 Å². The largest absolute Gasteiger partial charge is 0.444 e. The van der Waals surface area contributed by atoms with Crippen molar-refractivity contribution in [2.75, 3.05) is 52.4 Å². The molecule has 4 heterocycles. The molecule has 2 aromatic heterocycles. The number of piperazine rings is 2. The van der Waals surface area contributed by atoms with E-state index in [0.717, 1.165) is 48.2 Å². The minimum absolute atomic E-state index is 0.0767. The van der Waals surface area contributed by atoms with Gasteiger partial charge in [0, 0.05) is 112 Å². The molecule has 0 radical (unpaired) electrons. The number of ether oxygens (including phenoxy) is 2. The zero-order valence-electron chi connectivity index (χ0n) is 42.4. The first-order valence-corrected chi connectivity index (χ1v) is 25.5. The molecule has 19 nitrogen and oxygen atoms in total. The molecule has 3 aliphatic rings. The van der Waals surface area contributed by atoms with Gasteiger partial charge in [0.15, 0.2) is 0 Å². The van der Waals surface area contributed by atoms with Crippen molar-refractivity contribution in [3.63, 3.8) is 0 Å². The minimum atomic E-state index is -0.816. The minimum Gasteiger partial charge on any atom is -0.444 e. The lowest BCUT2D eigenvalue weighted by Crippen LogP contribution is -2.64. The zero-order valence-corrected chi connectivity index (χ0v) is 44.0. The van der Waals surface area contributed by atoms with Crippen molar-refractivity contribution in [1.82, 2.24) is 54.8 Å². The van der Waals surface area contributed by atoms with Crippen molar-refractivity contribution in [2.24, 2.45) is 5.84 Å². The number of amides is 6. The summed E-state index contributed by atoms with van der Waals surface area (Å²) in [7, 11) is 0. The molecule has 21 heteroatoms. The molecular formula is C51H72Cl2N12O7. The third kappa shape index (κ3) is 17.1. The fourth-order valence-corrected chi connectivity index (χ4v) is 8.86. The van der Waals surface area contributed by atoms with E-state index < -0.39 is 35.5 Å². The van der Waals surface area contributed by atoms with Gasteiger partial charge in [0.25, 0.3) is 0 Å². The average Bonchev–Trinajstić information content (AvgIpc) is 3.98. The highest BCUT2D eigenvalue weighted by Gasteiger charge is 2.39. The van der Waals surface area contributed by atoms with Gasteiger partial charge in [-0.15, -0.1) is 0 Å². The topological polar surface area (TPSA) is 215 Å². The Morgan fingerprint density at radius 3 is 1.56 bits per heavy atom. The average molecular weight is 1040 g/mol. The summed E-state index contributed by atoms with van der Waals surface area (Å²) in [6.45, 7) is 14.6. The number of urea groups is 1. The number of hydrogen-bond donors (Lipinski definition) is 4. The number of nitrogens with two attached hydrogens (primary N) is 1. The van der Waals surface area contributed by atoms with E-state index >= 15 is 0 Å². The van der Waals surface area contributed by atoms with E-state index in [-0.39, 0.29) is 43.5 Å². The molecule has 2 saturated heterocycles. The van der Waals surface area contributed by atoms with Crippen molar-refractivity contribution in [3.05, 3.63) is 106 Å². The second-order valence-corrected chi connectivity index (χ2v) is 21.3. The van der Waals surface area contributed by atoms with Crippen LogP contribution in [0.2, 0.25) is 10.0 Å².